The molecule has 128 valence electrons. The number of carbonyl (C=O) groups is 3. The molecule has 0 aromatic heterocycles. The number of hydrogen-bond donors (Lipinski definition) is 2. The van der Waals surface area contributed by atoms with Crippen molar-refractivity contribution in [3.05, 3.63) is 29.8 Å². The highest BCUT2D eigenvalue weighted by molar-refractivity contribution is 6.01. The molecule has 2 saturated heterocycles. The maximum absolute atomic E-state index is 12.5. The number of nitrogens with one attached hydrogen (secondary N) is 1. The van der Waals surface area contributed by atoms with Crippen molar-refractivity contribution < 1.29 is 24.2 Å². The molecule has 0 saturated carbocycles. The molecule has 2 fully saturated rings. The highest BCUT2D eigenvalue weighted by Gasteiger charge is 2.38. The van der Waals surface area contributed by atoms with E-state index in [-0.39, 0.29) is 5.91 Å². The lowest BCUT2D eigenvalue weighted by Gasteiger charge is -2.18. The number of aryl methyl sites for hydroxylation is 1. The number of ether oxygens (including phenoxy) is 1. The van der Waals surface area contributed by atoms with Crippen molar-refractivity contribution >= 4 is 23.5 Å². The summed E-state index contributed by atoms with van der Waals surface area (Å²) in [4.78, 5) is 37.2. The SMILES string of the molecule is Cc1ccc(N2CCC(NC(=O)[C@@H]3CC[C@H](C(=O)O)O3)C2=O)cc1. The van der Waals surface area contributed by atoms with Crippen molar-refractivity contribution in [2.24, 2.45) is 0 Å². The molecule has 1 unspecified atom stereocenters. The van der Waals surface area contributed by atoms with E-state index in [1.807, 2.05) is 31.2 Å². The molecule has 1 aromatic carbocycles. The first kappa shape index (κ1) is 16.4. The van der Waals surface area contributed by atoms with Gasteiger partial charge in [-0.15, -0.1) is 0 Å². The van der Waals surface area contributed by atoms with Gasteiger partial charge in [0.15, 0.2) is 6.10 Å². The van der Waals surface area contributed by atoms with E-state index in [0.29, 0.717) is 25.8 Å². The number of rotatable bonds is 4. The number of aliphatic carboxylic acids is 1. The van der Waals surface area contributed by atoms with Gasteiger partial charge >= 0.3 is 5.97 Å². The van der Waals surface area contributed by atoms with Gasteiger partial charge in [0.25, 0.3) is 0 Å². The first-order chi connectivity index (χ1) is 11.5. The van der Waals surface area contributed by atoms with Crippen molar-refractivity contribution in [3.8, 4) is 0 Å². The summed E-state index contributed by atoms with van der Waals surface area (Å²) in [6, 6.07) is 7.05. The Hall–Kier alpha value is -2.41. The van der Waals surface area contributed by atoms with Crippen molar-refractivity contribution in [1.29, 1.82) is 0 Å². The number of amides is 2. The number of nitrogens with zero attached hydrogens (tertiary/aromatic N) is 1. The number of hydrogen-bond acceptors (Lipinski definition) is 4. The molecule has 2 aliphatic rings. The van der Waals surface area contributed by atoms with Crippen molar-refractivity contribution in [3.63, 3.8) is 0 Å². The topological polar surface area (TPSA) is 95.9 Å². The summed E-state index contributed by atoms with van der Waals surface area (Å²) in [5.41, 5.74) is 1.92. The molecule has 0 spiro atoms. The monoisotopic (exact) mass is 332 g/mol. The zero-order chi connectivity index (χ0) is 17.3. The zero-order valence-electron chi connectivity index (χ0n) is 13.4. The van der Waals surface area contributed by atoms with E-state index in [1.54, 1.807) is 4.90 Å². The van der Waals surface area contributed by atoms with Gasteiger partial charge in [0.05, 0.1) is 0 Å². The van der Waals surface area contributed by atoms with Crippen LogP contribution in [-0.4, -0.2) is 47.7 Å². The van der Waals surface area contributed by atoms with Crippen LogP contribution < -0.4 is 10.2 Å². The molecule has 2 amide bonds. The standard InChI is InChI=1S/C17H20N2O5/c1-10-2-4-11(5-3-10)19-9-8-12(16(19)21)18-15(20)13-6-7-14(24-13)17(22)23/h2-5,12-14H,6-9H2,1H3,(H,18,20)(H,22,23)/t12?,13-,14+/m0/s1. The second-order valence-electron chi connectivity index (χ2n) is 6.20. The van der Waals surface area contributed by atoms with E-state index < -0.39 is 30.1 Å². The summed E-state index contributed by atoms with van der Waals surface area (Å²) in [5.74, 6) is -1.63. The highest BCUT2D eigenvalue weighted by atomic mass is 16.5. The van der Waals surface area contributed by atoms with Crippen LogP contribution in [0.4, 0.5) is 5.69 Å². The number of anilines is 1. The molecule has 3 atom stereocenters. The Kier molecular flexibility index (Phi) is 4.53. The lowest BCUT2D eigenvalue weighted by Crippen LogP contribution is -2.45. The molecular weight excluding hydrogens is 312 g/mol. The number of benzene rings is 1. The van der Waals surface area contributed by atoms with Crippen molar-refractivity contribution in [2.75, 3.05) is 11.4 Å². The fraction of sp³-hybridized carbons (Fsp3) is 0.471. The molecule has 2 N–H and O–H groups in total. The molecule has 0 bridgehead atoms. The predicted molar refractivity (Wildman–Crippen MR) is 85.6 cm³/mol. The summed E-state index contributed by atoms with van der Waals surface area (Å²) in [6.07, 6.45) is -0.558. The van der Waals surface area contributed by atoms with Crippen molar-refractivity contribution in [1.82, 2.24) is 5.32 Å². The molecule has 0 radical (unpaired) electrons. The summed E-state index contributed by atoms with van der Waals surface area (Å²) in [5, 5.41) is 11.6. The maximum Gasteiger partial charge on any atom is 0.332 e. The number of carbonyl (C=O) groups excluding carboxylic acids is 2. The highest BCUT2D eigenvalue weighted by Crippen LogP contribution is 2.24. The number of carboxylic acids is 1. The first-order valence-electron chi connectivity index (χ1n) is 8.02. The molecule has 0 aliphatic carbocycles. The molecule has 3 rings (SSSR count). The smallest absolute Gasteiger partial charge is 0.332 e. The third kappa shape index (κ3) is 3.26. The molecule has 7 heteroatoms. The number of carboxylic acid groups (broad SMARTS) is 1. The van der Waals surface area contributed by atoms with Crippen molar-refractivity contribution in [2.45, 2.75) is 44.4 Å². The van der Waals surface area contributed by atoms with E-state index in [0.717, 1.165) is 11.3 Å². The molecule has 7 nitrogen and oxygen atoms in total. The van der Waals surface area contributed by atoms with Crippen LogP contribution in [0.2, 0.25) is 0 Å². The van der Waals surface area contributed by atoms with Gasteiger partial charge in [-0.3, -0.25) is 9.59 Å². The average Bonchev–Trinajstić information content (AvgIpc) is 3.17. The molecule has 24 heavy (non-hydrogen) atoms. The van der Waals surface area contributed by atoms with Crippen LogP contribution in [0.1, 0.15) is 24.8 Å². The van der Waals surface area contributed by atoms with Gasteiger partial charge in [-0.25, -0.2) is 4.79 Å². The van der Waals surface area contributed by atoms with Gasteiger partial charge in [-0.2, -0.15) is 0 Å². The first-order valence-corrected chi connectivity index (χ1v) is 8.02. The van der Waals surface area contributed by atoms with Crippen LogP contribution in [0.25, 0.3) is 0 Å². The summed E-state index contributed by atoms with van der Waals surface area (Å²) < 4.78 is 5.22. The van der Waals surface area contributed by atoms with E-state index in [1.165, 1.54) is 0 Å². The van der Waals surface area contributed by atoms with Gasteiger partial charge in [0, 0.05) is 12.2 Å². The Morgan fingerprint density at radius 2 is 1.83 bits per heavy atom. The zero-order valence-corrected chi connectivity index (χ0v) is 13.4. The van der Waals surface area contributed by atoms with Crippen LogP contribution in [0.3, 0.4) is 0 Å². The Morgan fingerprint density at radius 3 is 2.46 bits per heavy atom. The van der Waals surface area contributed by atoms with Crippen LogP contribution in [0.5, 0.6) is 0 Å². The van der Waals surface area contributed by atoms with E-state index >= 15 is 0 Å². The van der Waals surface area contributed by atoms with Crippen LogP contribution in [0.15, 0.2) is 24.3 Å². The fourth-order valence-electron chi connectivity index (χ4n) is 3.07. The predicted octanol–water partition coefficient (Wildman–Crippen LogP) is 0.849. The summed E-state index contributed by atoms with van der Waals surface area (Å²) >= 11 is 0. The Balaban J connectivity index is 1.59. The second-order valence-corrected chi connectivity index (χ2v) is 6.20. The van der Waals surface area contributed by atoms with E-state index in [9.17, 15) is 14.4 Å². The summed E-state index contributed by atoms with van der Waals surface area (Å²) in [6.45, 7) is 2.51. The van der Waals surface area contributed by atoms with E-state index in [4.69, 9.17) is 9.84 Å². The molecular formula is C17H20N2O5. The summed E-state index contributed by atoms with van der Waals surface area (Å²) in [7, 11) is 0. The normalized spacial score (nSPS) is 26.6. The lowest BCUT2D eigenvalue weighted by atomic mass is 10.1. The van der Waals surface area contributed by atoms with Crippen LogP contribution in [-0.2, 0) is 19.1 Å². The van der Waals surface area contributed by atoms with Gasteiger partial charge in [-0.05, 0) is 38.3 Å². The Morgan fingerprint density at radius 1 is 1.17 bits per heavy atom. The van der Waals surface area contributed by atoms with Gasteiger partial charge in [0.1, 0.15) is 12.1 Å². The minimum Gasteiger partial charge on any atom is -0.479 e. The minimum atomic E-state index is -1.06. The van der Waals surface area contributed by atoms with Gasteiger partial charge < -0.3 is 20.1 Å². The Bertz CT molecular complexity index is 657. The fourth-order valence-corrected chi connectivity index (χ4v) is 3.07. The third-order valence-electron chi connectivity index (χ3n) is 4.46. The lowest BCUT2D eigenvalue weighted by molar-refractivity contribution is -0.152. The minimum absolute atomic E-state index is 0.153. The van der Waals surface area contributed by atoms with Crippen LogP contribution in [0, 0.1) is 6.92 Å². The van der Waals surface area contributed by atoms with Gasteiger partial charge in [-0.1, -0.05) is 17.7 Å². The molecule has 2 heterocycles. The molecule has 1 aromatic rings. The third-order valence-corrected chi connectivity index (χ3v) is 4.46. The van der Waals surface area contributed by atoms with Crippen LogP contribution >= 0.6 is 0 Å². The molecule has 2 aliphatic heterocycles. The van der Waals surface area contributed by atoms with Gasteiger partial charge in [0.2, 0.25) is 11.8 Å². The average molecular weight is 332 g/mol. The van der Waals surface area contributed by atoms with E-state index in [2.05, 4.69) is 5.32 Å². The quantitative estimate of drug-likeness (QED) is 0.852. The Labute approximate surface area is 139 Å². The maximum atomic E-state index is 12.5. The second kappa shape index (κ2) is 6.60. The largest absolute Gasteiger partial charge is 0.479 e.